The van der Waals surface area contributed by atoms with Crippen LogP contribution in [0.15, 0.2) is 36.7 Å². The Bertz CT molecular complexity index is 532. The number of nitrogen functional groups attached to an aromatic ring is 1. The molecule has 0 aliphatic carbocycles. The molecule has 0 unspecified atom stereocenters. The van der Waals surface area contributed by atoms with Crippen molar-refractivity contribution in [1.29, 1.82) is 0 Å². The Balaban J connectivity index is 1.61. The number of nitrogens with zero attached hydrogens (tertiary/aromatic N) is 3. The normalized spacial score (nSPS) is 15.6. The number of fused-ring (bicyclic) bond motifs is 1. The van der Waals surface area contributed by atoms with Crippen LogP contribution in [0.3, 0.4) is 0 Å². The van der Waals surface area contributed by atoms with Crippen LogP contribution in [-0.4, -0.2) is 27.5 Å². The van der Waals surface area contributed by atoms with Crippen LogP contribution in [-0.2, 0) is 19.5 Å². The fraction of sp³-hybridized carbons (Fsp3) is 0.357. The first kappa shape index (κ1) is 11.3. The molecule has 0 atom stereocenters. The van der Waals surface area contributed by atoms with E-state index in [1.54, 1.807) is 0 Å². The maximum atomic E-state index is 5.96. The second kappa shape index (κ2) is 4.82. The lowest BCUT2D eigenvalue weighted by Crippen LogP contribution is -2.35. The Morgan fingerprint density at radius 1 is 1.22 bits per heavy atom. The Morgan fingerprint density at radius 3 is 3.00 bits per heavy atom. The maximum absolute atomic E-state index is 5.96. The summed E-state index contributed by atoms with van der Waals surface area (Å²) in [5.74, 6) is 1.17. The number of benzene rings is 1. The first-order chi connectivity index (χ1) is 8.83. The van der Waals surface area contributed by atoms with Crippen LogP contribution in [0.1, 0.15) is 11.4 Å². The molecule has 2 heterocycles. The minimum atomic E-state index is 0.899. The van der Waals surface area contributed by atoms with Crippen molar-refractivity contribution < 1.29 is 0 Å². The van der Waals surface area contributed by atoms with Crippen LogP contribution in [0, 0.1) is 0 Å². The van der Waals surface area contributed by atoms with E-state index in [0.717, 1.165) is 38.3 Å². The first-order valence-corrected chi connectivity index (χ1v) is 6.38. The highest BCUT2D eigenvalue weighted by Gasteiger charge is 2.16. The molecule has 0 spiro atoms. The van der Waals surface area contributed by atoms with Gasteiger partial charge < -0.3 is 10.3 Å². The molecule has 0 saturated heterocycles. The third-order valence-corrected chi connectivity index (χ3v) is 3.58. The van der Waals surface area contributed by atoms with Gasteiger partial charge in [-0.05, 0) is 18.1 Å². The highest BCUT2D eigenvalue weighted by atomic mass is 15.2. The Morgan fingerprint density at radius 2 is 2.11 bits per heavy atom. The zero-order valence-electron chi connectivity index (χ0n) is 10.4. The second-order valence-corrected chi connectivity index (χ2v) is 4.76. The summed E-state index contributed by atoms with van der Waals surface area (Å²) in [6.45, 7) is 4.12. The van der Waals surface area contributed by atoms with Gasteiger partial charge in [-0.25, -0.2) is 4.98 Å². The van der Waals surface area contributed by atoms with Gasteiger partial charge in [0.1, 0.15) is 5.82 Å². The summed E-state index contributed by atoms with van der Waals surface area (Å²) in [5, 5.41) is 0. The van der Waals surface area contributed by atoms with Gasteiger partial charge in [0.25, 0.3) is 0 Å². The van der Waals surface area contributed by atoms with Gasteiger partial charge in [-0.15, -0.1) is 0 Å². The number of rotatable bonds is 3. The standard InChI is InChI=1S/C14H18N4/c15-13-4-2-1-3-12(13)5-7-17-9-10-18-8-6-16-14(18)11-17/h1-4,6,8H,5,7,9-11,15H2. The number of aromatic nitrogens is 2. The molecule has 4 heteroatoms. The van der Waals surface area contributed by atoms with Crippen molar-refractivity contribution >= 4 is 5.69 Å². The molecular weight excluding hydrogens is 224 g/mol. The summed E-state index contributed by atoms with van der Waals surface area (Å²) in [4.78, 5) is 6.82. The van der Waals surface area contributed by atoms with Crippen LogP contribution in [0.4, 0.5) is 5.69 Å². The van der Waals surface area contributed by atoms with Crippen molar-refractivity contribution in [1.82, 2.24) is 14.5 Å². The van der Waals surface area contributed by atoms with Crippen LogP contribution in [0.5, 0.6) is 0 Å². The van der Waals surface area contributed by atoms with Gasteiger partial charge in [0, 0.05) is 37.7 Å². The van der Waals surface area contributed by atoms with Crippen molar-refractivity contribution in [3.8, 4) is 0 Å². The topological polar surface area (TPSA) is 47.1 Å². The average Bonchev–Trinajstić information content (AvgIpc) is 2.85. The predicted octanol–water partition coefficient (Wildman–Crippen LogP) is 1.52. The minimum absolute atomic E-state index is 0.899. The number of nitrogens with two attached hydrogens (primary N) is 1. The summed E-state index contributed by atoms with van der Waals surface area (Å²) in [6.07, 6.45) is 4.95. The lowest BCUT2D eigenvalue weighted by Gasteiger charge is -2.27. The average molecular weight is 242 g/mol. The fourth-order valence-electron chi connectivity index (χ4n) is 2.45. The van der Waals surface area contributed by atoms with E-state index < -0.39 is 0 Å². The fourth-order valence-corrected chi connectivity index (χ4v) is 2.45. The van der Waals surface area contributed by atoms with Gasteiger partial charge >= 0.3 is 0 Å². The lowest BCUT2D eigenvalue weighted by atomic mass is 10.1. The van der Waals surface area contributed by atoms with E-state index in [2.05, 4.69) is 32.8 Å². The highest BCUT2D eigenvalue weighted by Crippen LogP contribution is 2.14. The highest BCUT2D eigenvalue weighted by molar-refractivity contribution is 5.46. The summed E-state index contributed by atoms with van der Waals surface area (Å²) in [6, 6.07) is 8.11. The molecule has 0 amide bonds. The van der Waals surface area contributed by atoms with Gasteiger partial charge in [-0.3, -0.25) is 4.90 Å². The summed E-state index contributed by atoms with van der Waals surface area (Å²) < 4.78 is 2.23. The van der Waals surface area contributed by atoms with E-state index in [0.29, 0.717) is 0 Å². The van der Waals surface area contributed by atoms with Crippen molar-refractivity contribution in [2.24, 2.45) is 0 Å². The van der Waals surface area contributed by atoms with E-state index >= 15 is 0 Å². The van der Waals surface area contributed by atoms with Gasteiger partial charge in [0.15, 0.2) is 0 Å². The third-order valence-electron chi connectivity index (χ3n) is 3.58. The summed E-state index contributed by atoms with van der Waals surface area (Å²) in [7, 11) is 0. The lowest BCUT2D eigenvalue weighted by molar-refractivity contribution is 0.219. The molecule has 3 rings (SSSR count). The van der Waals surface area contributed by atoms with E-state index in [-0.39, 0.29) is 0 Å². The molecule has 1 aromatic carbocycles. The monoisotopic (exact) mass is 242 g/mol. The molecule has 1 aliphatic rings. The molecule has 1 aromatic heterocycles. The van der Waals surface area contributed by atoms with Crippen molar-refractivity contribution in [3.63, 3.8) is 0 Å². The molecule has 2 N–H and O–H groups in total. The van der Waals surface area contributed by atoms with E-state index in [1.807, 2.05) is 18.3 Å². The zero-order valence-corrected chi connectivity index (χ0v) is 10.4. The largest absolute Gasteiger partial charge is 0.399 e. The molecule has 0 saturated carbocycles. The van der Waals surface area contributed by atoms with Crippen LogP contribution in [0.2, 0.25) is 0 Å². The van der Waals surface area contributed by atoms with Gasteiger partial charge in [0.05, 0.1) is 6.54 Å². The third kappa shape index (κ3) is 2.24. The summed E-state index contributed by atoms with van der Waals surface area (Å²) >= 11 is 0. The van der Waals surface area contributed by atoms with Crippen molar-refractivity contribution in [3.05, 3.63) is 48.0 Å². The Kier molecular flexibility index (Phi) is 3.02. The maximum Gasteiger partial charge on any atom is 0.122 e. The molecule has 0 bridgehead atoms. The molecule has 0 fully saturated rings. The molecule has 94 valence electrons. The van der Waals surface area contributed by atoms with E-state index in [1.165, 1.54) is 11.4 Å². The quantitative estimate of drug-likeness (QED) is 0.830. The second-order valence-electron chi connectivity index (χ2n) is 4.76. The number of anilines is 1. The molecule has 1 aliphatic heterocycles. The van der Waals surface area contributed by atoms with Crippen molar-refractivity contribution in [2.45, 2.75) is 19.5 Å². The molecule has 4 nitrogen and oxygen atoms in total. The Hall–Kier alpha value is -1.81. The number of hydrogen-bond acceptors (Lipinski definition) is 3. The number of imidazole rings is 1. The molecular formula is C14H18N4. The minimum Gasteiger partial charge on any atom is -0.399 e. The SMILES string of the molecule is Nc1ccccc1CCN1CCn2ccnc2C1. The van der Waals surface area contributed by atoms with Gasteiger partial charge in [-0.2, -0.15) is 0 Å². The molecule has 18 heavy (non-hydrogen) atoms. The van der Waals surface area contributed by atoms with Crippen LogP contribution >= 0.6 is 0 Å². The molecule has 2 aromatic rings. The first-order valence-electron chi connectivity index (χ1n) is 6.38. The van der Waals surface area contributed by atoms with Gasteiger partial charge in [0.2, 0.25) is 0 Å². The van der Waals surface area contributed by atoms with Crippen LogP contribution < -0.4 is 5.73 Å². The van der Waals surface area contributed by atoms with Crippen molar-refractivity contribution in [2.75, 3.05) is 18.8 Å². The predicted molar refractivity (Wildman–Crippen MR) is 72.1 cm³/mol. The summed E-state index contributed by atoms with van der Waals surface area (Å²) in [5.41, 5.74) is 8.10. The van der Waals surface area contributed by atoms with E-state index in [4.69, 9.17) is 5.73 Å². The zero-order chi connectivity index (χ0) is 12.4. The van der Waals surface area contributed by atoms with E-state index in [9.17, 15) is 0 Å². The Labute approximate surface area is 107 Å². The molecule has 0 radical (unpaired) electrons. The number of hydrogen-bond donors (Lipinski definition) is 1. The van der Waals surface area contributed by atoms with Crippen LogP contribution in [0.25, 0.3) is 0 Å². The number of para-hydroxylation sites is 1. The smallest absolute Gasteiger partial charge is 0.122 e. The van der Waals surface area contributed by atoms with Gasteiger partial charge in [-0.1, -0.05) is 18.2 Å².